The lowest BCUT2D eigenvalue weighted by molar-refractivity contribution is 0.0600. The molecule has 37 heavy (non-hydrogen) atoms. The Labute approximate surface area is 215 Å². The van der Waals surface area contributed by atoms with Crippen LogP contribution in [-0.4, -0.2) is 45.7 Å². The van der Waals surface area contributed by atoms with Crippen molar-refractivity contribution in [3.05, 3.63) is 88.5 Å². The number of aromatic nitrogens is 1. The number of esters is 1. The second kappa shape index (κ2) is 11.0. The summed E-state index contributed by atoms with van der Waals surface area (Å²) in [6.45, 7) is 0.819. The van der Waals surface area contributed by atoms with Gasteiger partial charge in [-0.3, -0.25) is 9.52 Å². The second-order valence-electron chi connectivity index (χ2n) is 7.76. The van der Waals surface area contributed by atoms with Crippen molar-refractivity contribution < 1.29 is 31.9 Å². The number of benzene rings is 3. The van der Waals surface area contributed by atoms with Crippen LogP contribution in [0.4, 0.5) is 10.1 Å². The van der Waals surface area contributed by atoms with E-state index in [0.29, 0.717) is 23.5 Å². The van der Waals surface area contributed by atoms with Crippen LogP contribution in [0.1, 0.15) is 20.7 Å². The van der Waals surface area contributed by atoms with Gasteiger partial charge in [0.1, 0.15) is 5.82 Å². The molecule has 4 rings (SSSR count). The molecule has 0 radical (unpaired) electrons. The molecule has 0 spiro atoms. The van der Waals surface area contributed by atoms with Crippen molar-refractivity contribution in [2.75, 3.05) is 25.5 Å². The third kappa shape index (κ3) is 5.93. The van der Waals surface area contributed by atoms with Crippen molar-refractivity contribution >= 4 is 49.1 Å². The Morgan fingerprint density at radius 2 is 1.68 bits per heavy atom. The maximum atomic E-state index is 13.1. The molecule has 0 unspecified atom stereocenters. The maximum absolute atomic E-state index is 13.1. The summed E-state index contributed by atoms with van der Waals surface area (Å²) < 4.78 is 53.1. The summed E-state index contributed by atoms with van der Waals surface area (Å²) in [5.74, 6) is -1.54. The minimum Gasteiger partial charge on any atom is -0.465 e. The summed E-state index contributed by atoms with van der Waals surface area (Å²) in [5.41, 5.74) is 1.64. The topological polar surface area (TPSA) is 116 Å². The van der Waals surface area contributed by atoms with E-state index in [4.69, 9.17) is 9.47 Å². The molecule has 0 fully saturated rings. The van der Waals surface area contributed by atoms with Gasteiger partial charge in [0, 0.05) is 24.9 Å². The molecule has 0 saturated carbocycles. The van der Waals surface area contributed by atoms with Gasteiger partial charge in [-0.15, -0.1) is 0 Å². The number of amides is 1. The molecule has 1 aromatic heterocycles. The first-order valence-electron chi connectivity index (χ1n) is 10.9. The summed E-state index contributed by atoms with van der Waals surface area (Å²) in [7, 11) is -1.05. The second-order valence-corrected chi connectivity index (χ2v) is 10.4. The molecule has 4 aromatic rings. The quantitative estimate of drug-likeness (QED) is 0.338. The SMILES string of the molecule is COCCn1c(=NC(=O)c2ccc(NS(=O)(=O)c3ccc(F)cc3)cc2)sc2cc(C(=O)OC)ccc21. The monoisotopic (exact) mass is 543 g/mol. The zero-order valence-electron chi connectivity index (χ0n) is 19.8. The fourth-order valence-corrected chi connectivity index (χ4v) is 5.61. The van der Waals surface area contributed by atoms with E-state index in [1.807, 2.05) is 4.57 Å². The van der Waals surface area contributed by atoms with Crippen LogP contribution in [0.3, 0.4) is 0 Å². The van der Waals surface area contributed by atoms with Gasteiger partial charge in [-0.2, -0.15) is 4.99 Å². The van der Waals surface area contributed by atoms with E-state index >= 15 is 0 Å². The number of rotatable bonds is 8. The van der Waals surface area contributed by atoms with Gasteiger partial charge in [-0.25, -0.2) is 17.6 Å². The molecule has 12 heteroatoms. The van der Waals surface area contributed by atoms with Gasteiger partial charge < -0.3 is 14.0 Å². The number of nitrogens with zero attached hydrogens (tertiary/aromatic N) is 2. The van der Waals surface area contributed by atoms with Crippen molar-refractivity contribution in [2.45, 2.75) is 11.4 Å². The van der Waals surface area contributed by atoms with Crippen molar-refractivity contribution in [2.24, 2.45) is 4.99 Å². The van der Waals surface area contributed by atoms with Gasteiger partial charge in [0.15, 0.2) is 4.80 Å². The van der Waals surface area contributed by atoms with Gasteiger partial charge in [0.2, 0.25) is 0 Å². The Bertz CT molecular complexity index is 1630. The number of hydrogen-bond donors (Lipinski definition) is 1. The number of ether oxygens (including phenoxy) is 2. The van der Waals surface area contributed by atoms with Crippen LogP contribution in [-0.2, 0) is 26.0 Å². The number of nitrogens with one attached hydrogen (secondary N) is 1. The Hall–Kier alpha value is -3.87. The Morgan fingerprint density at radius 1 is 1.00 bits per heavy atom. The molecule has 192 valence electrons. The third-order valence-corrected chi connectivity index (χ3v) is 7.77. The molecular weight excluding hydrogens is 521 g/mol. The molecule has 0 saturated heterocycles. The molecule has 3 aromatic carbocycles. The van der Waals surface area contributed by atoms with E-state index in [0.717, 1.165) is 34.5 Å². The average molecular weight is 544 g/mol. The standard InChI is InChI=1S/C25H22FN3O6S2/c1-34-14-13-29-21-12-5-17(24(31)35-2)15-22(21)36-25(29)27-23(30)16-3-8-19(9-4-16)28-37(32,33)20-10-6-18(26)7-11-20/h3-12,15,28H,13-14H2,1-2H3. The number of halogens is 1. The van der Waals surface area contributed by atoms with Gasteiger partial charge in [-0.05, 0) is 66.7 Å². The predicted octanol–water partition coefficient (Wildman–Crippen LogP) is 3.82. The van der Waals surface area contributed by atoms with Gasteiger partial charge in [0.05, 0.1) is 34.4 Å². The first kappa shape index (κ1) is 26.2. The molecule has 0 aliphatic heterocycles. The van der Waals surface area contributed by atoms with Crippen molar-refractivity contribution in [3.8, 4) is 0 Å². The zero-order chi connectivity index (χ0) is 26.6. The summed E-state index contributed by atoms with van der Waals surface area (Å²) in [4.78, 5) is 29.4. The fraction of sp³-hybridized carbons (Fsp3) is 0.160. The molecule has 1 amide bonds. The lowest BCUT2D eigenvalue weighted by atomic mass is 10.2. The van der Waals surface area contributed by atoms with Crippen molar-refractivity contribution in [3.63, 3.8) is 0 Å². The summed E-state index contributed by atoms with van der Waals surface area (Å²) in [5, 5.41) is 0. The zero-order valence-corrected chi connectivity index (χ0v) is 21.4. The highest BCUT2D eigenvalue weighted by Crippen LogP contribution is 2.21. The summed E-state index contributed by atoms with van der Waals surface area (Å²) >= 11 is 1.24. The maximum Gasteiger partial charge on any atom is 0.337 e. The van der Waals surface area contributed by atoms with Gasteiger partial charge >= 0.3 is 5.97 Å². The number of methoxy groups -OCH3 is 2. The third-order valence-electron chi connectivity index (χ3n) is 5.33. The number of carbonyl (C=O) groups excluding carboxylic acids is 2. The lowest BCUT2D eigenvalue weighted by Crippen LogP contribution is -2.19. The Kier molecular flexibility index (Phi) is 7.81. The van der Waals surface area contributed by atoms with E-state index in [2.05, 4.69) is 9.71 Å². The highest BCUT2D eigenvalue weighted by atomic mass is 32.2. The largest absolute Gasteiger partial charge is 0.465 e. The van der Waals surface area contributed by atoms with Gasteiger partial charge in [0.25, 0.3) is 15.9 Å². The molecule has 0 aliphatic carbocycles. The van der Waals surface area contributed by atoms with E-state index in [-0.39, 0.29) is 16.1 Å². The normalized spacial score (nSPS) is 12.0. The molecule has 0 aliphatic rings. The fourth-order valence-electron chi connectivity index (χ4n) is 3.46. The summed E-state index contributed by atoms with van der Waals surface area (Å²) in [6, 6.07) is 15.3. The van der Waals surface area contributed by atoms with Crippen LogP contribution in [0.2, 0.25) is 0 Å². The molecule has 0 bridgehead atoms. The average Bonchev–Trinajstić information content (AvgIpc) is 3.23. The van der Waals surface area contributed by atoms with Crippen LogP contribution in [0.15, 0.2) is 76.6 Å². The van der Waals surface area contributed by atoms with E-state index < -0.39 is 27.7 Å². The lowest BCUT2D eigenvalue weighted by Gasteiger charge is -2.08. The number of hydrogen-bond acceptors (Lipinski definition) is 7. The van der Waals surface area contributed by atoms with Crippen LogP contribution in [0.5, 0.6) is 0 Å². The van der Waals surface area contributed by atoms with E-state index in [9.17, 15) is 22.4 Å². The van der Waals surface area contributed by atoms with Gasteiger partial charge in [-0.1, -0.05) is 11.3 Å². The molecule has 9 nitrogen and oxygen atoms in total. The van der Waals surface area contributed by atoms with Crippen LogP contribution in [0, 0.1) is 5.82 Å². The predicted molar refractivity (Wildman–Crippen MR) is 137 cm³/mol. The Balaban J connectivity index is 1.62. The minimum absolute atomic E-state index is 0.0928. The molecular formula is C25H22FN3O6S2. The highest BCUT2D eigenvalue weighted by molar-refractivity contribution is 7.92. The first-order chi connectivity index (χ1) is 17.7. The minimum atomic E-state index is -3.92. The first-order valence-corrected chi connectivity index (χ1v) is 13.2. The Morgan fingerprint density at radius 3 is 2.32 bits per heavy atom. The van der Waals surface area contributed by atoms with Crippen LogP contribution in [0.25, 0.3) is 10.2 Å². The smallest absolute Gasteiger partial charge is 0.337 e. The van der Waals surface area contributed by atoms with E-state index in [1.54, 1.807) is 25.3 Å². The van der Waals surface area contributed by atoms with Crippen LogP contribution < -0.4 is 9.52 Å². The van der Waals surface area contributed by atoms with Crippen molar-refractivity contribution in [1.29, 1.82) is 0 Å². The highest BCUT2D eigenvalue weighted by Gasteiger charge is 2.16. The number of anilines is 1. The number of thiazole rings is 1. The number of carbonyl (C=O) groups is 2. The molecule has 1 heterocycles. The van der Waals surface area contributed by atoms with Crippen molar-refractivity contribution in [1.82, 2.24) is 4.57 Å². The van der Waals surface area contributed by atoms with E-state index in [1.165, 1.54) is 42.7 Å². The number of fused-ring (bicyclic) bond motifs is 1. The number of sulfonamides is 1. The summed E-state index contributed by atoms with van der Waals surface area (Å²) in [6.07, 6.45) is 0. The molecule has 0 atom stereocenters. The molecule has 1 N–H and O–H groups in total. The van der Waals surface area contributed by atoms with Crippen LogP contribution >= 0.6 is 11.3 Å².